The van der Waals surface area contributed by atoms with Gasteiger partial charge in [0.25, 0.3) is 10.0 Å². The molecule has 98 valence electrons. The van der Waals surface area contributed by atoms with Gasteiger partial charge in [0.05, 0.1) is 11.7 Å². The van der Waals surface area contributed by atoms with E-state index in [1.807, 2.05) is 0 Å². The van der Waals surface area contributed by atoms with Crippen LogP contribution in [0.3, 0.4) is 0 Å². The SMILES string of the molecule is Cc1nnc(NS(=O)(=O)c2cccc3nsnc23)s1. The molecule has 0 aliphatic carbocycles. The third kappa shape index (κ3) is 2.29. The summed E-state index contributed by atoms with van der Waals surface area (Å²) >= 11 is 2.15. The zero-order valence-corrected chi connectivity index (χ0v) is 12.0. The van der Waals surface area contributed by atoms with Crippen molar-refractivity contribution >= 4 is 49.3 Å². The molecule has 0 unspecified atom stereocenters. The van der Waals surface area contributed by atoms with Gasteiger partial charge in [0.1, 0.15) is 20.9 Å². The van der Waals surface area contributed by atoms with E-state index in [9.17, 15) is 8.42 Å². The van der Waals surface area contributed by atoms with Gasteiger partial charge in [0.15, 0.2) is 0 Å². The molecule has 0 amide bonds. The standard InChI is InChI=1S/C9H7N5O2S3/c1-5-10-11-9(17-5)14-19(15,16)7-4-2-3-6-8(7)13-18-12-6/h2-4H,1H3,(H,11,14). The monoisotopic (exact) mass is 313 g/mol. The van der Waals surface area contributed by atoms with Crippen LogP contribution in [0.15, 0.2) is 23.1 Å². The lowest BCUT2D eigenvalue weighted by molar-refractivity contribution is 0.602. The molecule has 0 radical (unpaired) electrons. The Kier molecular flexibility index (Phi) is 2.92. The van der Waals surface area contributed by atoms with E-state index in [0.29, 0.717) is 16.0 Å². The summed E-state index contributed by atoms with van der Waals surface area (Å²) in [6, 6.07) is 4.83. The number of rotatable bonds is 3. The minimum absolute atomic E-state index is 0.0894. The van der Waals surface area contributed by atoms with E-state index in [1.54, 1.807) is 19.1 Å². The molecular formula is C9H7N5O2S3. The summed E-state index contributed by atoms with van der Waals surface area (Å²) in [6.07, 6.45) is 0. The second-order valence-corrected chi connectivity index (χ2v) is 6.98. The molecular weight excluding hydrogens is 306 g/mol. The fraction of sp³-hybridized carbons (Fsp3) is 0.111. The Bertz CT molecular complexity index is 838. The number of aromatic nitrogens is 4. The third-order valence-corrected chi connectivity index (χ3v) is 5.08. The topological polar surface area (TPSA) is 97.7 Å². The van der Waals surface area contributed by atoms with Crippen molar-refractivity contribution in [3.05, 3.63) is 23.2 Å². The maximum Gasteiger partial charge on any atom is 0.265 e. The normalized spacial score (nSPS) is 11.8. The third-order valence-electron chi connectivity index (χ3n) is 2.29. The minimum Gasteiger partial charge on any atom is -0.253 e. The lowest BCUT2D eigenvalue weighted by Crippen LogP contribution is -2.13. The van der Waals surface area contributed by atoms with Gasteiger partial charge >= 0.3 is 0 Å². The molecule has 3 rings (SSSR count). The van der Waals surface area contributed by atoms with Gasteiger partial charge in [-0.1, -0.05) is 17.4 Å². The predicted octanol–water partition coefficient (Wildman–Crippen LogP) is 1.65. The van der Waals surface area contributed by atoms with Crippen LogP contribution in [0.25, 0.3) is 11.0 Å². The Hall–Kier alpha value is -1.65. The number of hydrogen-bond donors (Lipinski definition) is 1. The molecule has 0 bridgehead atoms. The highest BCUT2D eigenvalue weighted by Crippen LogP contribution is 2.24. The number of nitrogens with zero attached hydrogens (tertiary/aromatic N) is 4. The Morgan fingerprint density at radius 3 is 2.79 bits per heavy atom. The first kappa shape index (κ1) is 12.4. The summed E-state index contributed by atoms with van der Waals surface area (Å²) < 4.78 is 35.0. The minimum atomic E-state index is -3.73. The number of hydrogen-bond acceptors (Lipinski definition) is 8. The molecule has 10 heteroatoms. The van der Waals surface area contributed by atoms with Gasteiger partial charge in [0.2, 0.25) is 5.13 Å². The van der Waals surface area contributed by atoms with Gasteiger partial charge in [-0.05, 0) is 19.1 Å². The molecule has 0 aliphatic rings. The molecule has 3 aromatic rings. The molecule has 1 aromatic carbocycles. The first-order chi connectivity index (χ1) is 9.06. The quantitative estimate of drug-likeness (QED) is 0.789. The van der Waals surface area contributed by atoms with Crippen LogP contribution in [0.2, 0.25) is 0 Å². The van der Waals surface area contributed by atoms with Gasteiger partial charge in [-0.15, -0.1) is 10.2 Å². The average Bonchev–Trinajstić information content (AvgIpc) is 2.96. The highest BCUT2D eigenvalue weighted by molar-refractivity contribution is 7.93. The van der Waals surface area contributed by atoms with Crippen molar-refractivity contribution in [2.45, 2.75) is 11.8 Å². The van der Waals surface area contributed by atoms with Crippen LogP contribution in [-0.2, 0) is 10.0 Å². The molecule has 2 heterocycles. The van der Waals surface area contributed by atoms with Crippen molar-refractivity contribution < 1.29 is 8.42 Å². The number of sulfonamides is 1. The Morgan fingerprint density at radius 1 is 1.21 bits per heavy atom. The molecule has 0 saturated heterocycles. The summed E-state index contributed by atoms with van der Waals surface area (Å²) in [5, 5.41) is 8.42. The highest BCUT2D eigenvalue weighted by Gasteiger charge is 2.21. The molecule has 0 spiro atoms. The Morgan fingerprint density at radius 2 is 2.05 bits per heavy atom. The maximum absolute atomic E-state index is 12.3. The van der Waals surface area contributed by atoms with E-state index in [4.69, 9.17) is 0 Å². The van der Waals surface area contributed by atoms with Crippen LogP contribution in [0, 0.1) is 6.92 Å². The summed E-state index contributed by atoms with van der Waals surface area (Å²) in [7, 11) is -3.73. The Labute approximate surface area is 116 Å². The fourth-order valence-electron chi connectivity index (χ4n) is 1.51. The number of aryl methyl sites for hydroxylation is 1. The van der Waals surface area contributed by atoms with E-state index < -0.39 is 10.0 Å². The molecule has 0 atom stereocenters. The van der Waals surface area contributed by atoms with E-state index in [2.05, 4.69) is 23.7 Å². The molecule has 0 fully saturated rings. The fourth-order valence-corrected chi connectivity index (χ4v) is 4.10. The highest BCUT2D eigenvalue weighted by atomic mass is 32.2. The molecule has 0 aliphatic heterocycles. The van der Waals surface area contributed by atoms with Crippen molar-refractivity contribution in [3.8, 4) is 0 Å². The van der Waals surface area contributed by atoms with Gasteiger partial charge in [-0.25, -0.2) is 8.42 Å². The van der Waals surface area contributed by atoms with Gasteiger partial charge < -0.3 is 0 Å². The van der Waals surface area contributed by atoms with Crippen molar-refractivity contribution in [1.82, 2.24) is 18.9 Å². The van der Waals surface area contributed by atoms with Crippen molar-refractivity contribution in [3.63, 3.8) is 0 Å². The summed E-state index contributed by atoms with van der Waals surface area (Å²) in [6.45, 7) is 1.75. The summed E-state index contributed by atoms with van der Waals surface area (Å²) in [5.41, 5.74) is 0.919. The number of anilines is 1. The molecule has 7 nitrogen and oxygen atoms in total. The lowest BCUT2D eigenvalue weighted by Gasteiger charge is -2.04. The van der Waals surface area contributed by atoms with Crippen molar-refractivity contribution in [2.75, 3.05) is 4.72 Å². The van der Waals surface area contributed by atoms with Crippen LogP contribution in [0.5, 0.6) is 0 Å². The van der Waals surface area contributed by atoms with E-state index in [1.165, 1.54) is 17.4 Å². The second-order valence-electron chi connectivity index (χ2n) is 3.62. The van der Waals surface area contributed by atoms with Gasteiger partial charge in [-0.2, -0.15) is 8.75 Å². The molecule has 1 N–H and O–H groups in total. The van der Waals surface area contributed by atoms with Gasteiger partial charge in [0, 0.05) is 0 Å². The Balaban J connectivity index is 2.07. The molecule has 2 aromatic heterocycles. The maximum atomic E-state index is 12.3. The van der Waals surface area contributed by atoms with Gasteiger partial charge in [-0.3, -0.25) is 4.72 Å². The van der Waals surface area contributed by atoms with Crippen molar-refractivity contribution in [1.29, 1.82) is 0 Å². The average molecular weight is 313 g/mol. The largest absolute Gasteiger partial charge is 0.265 e. The lowest BCUT2D eigenvalue weighted by atomic mass is 10.3. The van der Waals surface area contributed by atoms with E-state index in [0.717, 1.165) is 11.7 Å². The van der Waals surface area contributed by atoms with E-state index >= 15 is 0 Å². The first-order valence-corrected chi connectivity index (χ1v) is 8.13. The van der Waals surface area contributed by atoms with E-state index in [-0.39, 0.29) is 10.0 Å². The second kappa shape index (κ2) is 4.47. The molecule has 0 saturated carbocycles. The van der Waals surface area contributed by atoms with Crippen molar-refractivity contribution in [2.24, 2.45) is 0 Å². The van der Waals surface area contributed by atoms with Crippen LogP contribution in [0.4, 0.5) is 5.13 Å². The zero-order chi connectivity index (χ0) is 13.5. The van der Waals surface area contributed by atoms with Crippen LogP contribution >= 0.6 is 23.1 Å². The smallest absolute Gasteiger partial charge is 0.253 e. The predicted molar refractivity (Wildman–Crippen MR) is 72.9 cm³/mol. The van der Waals surface area contributed by atoms with Crippen LogP contribution in [0.1, 0.15) is 5.01 Å². The van der Waals surface area contributed by atoms with Crippen LogP contribution in [-0.4, -0.2) is 27.4 Å². The summed E-state index contributed by atoms with van der Waals surface area (Å²) in [5.74, 6) is 0. The zero-order valence-electron chi connectivity index (χ0n) is 9.56. The molecule has 19 heavy (non-hydrogen) atoms. The first-order valence-electron chi connectivity index (χ1n) is 5.10. The number of fused-ring (bicyclic) bond motifs is 1. The summed E-state index contributed by atoms with van der Waals surface area (Å²) in [4.78, 5) is 0.0894. The van der Waals surface area contributed by atoms with Crippen LogP contribution < -0.4 is 4.72 Å². The number of nitrogens with one attached hydrogen (secondary N) is 1. The number of benzene rings is 1.